The van der Waals surface area contributed by atoms with Crippen molar-refractivity contribution in [3.05, 3.63) is 54.1 Å². The van der Waals surface area contributed by atoms with E-state index in [9.17, 15) is 8.78 Å². The molecule has 24 heavy (non-hydrogen) atoms. The molecule has 0 bridgehead atoms. The minimum atomic E-state index is -0.839. The first-order chi connectivity index (χ1) is 11.7. The number of rotatable bonds is 5. The number of benzene rings is 2. The molecule has 1 fully saturated rings. The largest absolute Gasteiger partial charge is 0.493 e. The van der Waals surface area contributed by atoms with Crippen LogP contribution in [-0.4, -0.2) is 20.3 Å². The molecule has 0 unspecified atom stereocenters. The monoisotopic (exact) mass is 330 g/mol. The zero-order chi connectivity index (χ0) is 16.9. The Morgan fingerprint density at radius 1 is 0.958 bits per heavy atom. The van der Waals surface area contributed by atoms with E-state index in [1.165, 1.54) is 18.9 Å². The Balaban J connectivity index is 1.64. The van der Waals surface area contributed by atoms with Crippen LogP contribution in [0.15, 0.2) is 42.5 Å². The van der Waals surface area contributed by atoms with Crippen molar-refractivity contribution in [3.8, 4) is 11.1 Å². The molecule has 1 aliphatic rings. The Hall–Kier alpha value is -1.72. The molecule has 1 aliphatic heterocycles. The van der Waals surface area contributed by atoms with Gasteiger partial charge in [-0.05, 0) is 35.1 Å². The highest BCUT2D eigenvalue weighted by atomic mass is 19.2. The fourth-order valence-corrected chi connectivity index (χ4v) is 2.90. The van der Waals surface area contributed by atoms with Crippen molar-refractivity contribution in [3.63, 3.8) is 0 Å². The lowest BCUT2D eigenvalue weighted by molar-refractivity contribution is 0.0813. The van der Waals surface area contributed by atoms with Crippen molar-refractivity contribution in [2.24, 2.45) is 5.92 Å². The topological polar surface area (TPSA) is 18.5 Å². The SMILES string of the molecule is CCCCC1COB(c2ccc(-c3ccc(F)c(F)c3)cc2)OC1. The Bertz CT molecular complexity index is 668. The molecule has 0 spiro atoms. The number of hydrogen-bond acceptors (Lipinski definition) is 2. The molecule has 0 N–H and O–H groups in total. The summed E-state index contributed by atoms with van der Waals surface area (Å²) >= 11 is 0. The summed E-state index contributed by atoms with van der Waals surface area (Å²) in [4.78, 5) is 0. The number of hydrogen-bond donors (Lipinski definition) is 0. The Kier molecular flexibility index (Phi) is 5.64. The third kappa shape index (κ3) is 4.03. The average Bonchev–Trinajstić information content (AvgIpc) is 2.63. The first kappa shape index (κ1) is 17.1. The summed E-state index contributed by atoms with van der Waals surface area (Å²) in [7, 11) is -0.345. The molecule has 126 valence electrons. The average molecular weight is 330 g/mol. The summed E-state index contributed by atoms with van der Waals surface area (Å²) in [6, 6.07) is 11.5. The van der Waals surface area contributed by atoms with E-state index in [1.54, 1.807) is 6.07 Å². The lowest BCUT2D eigenvalue weighted by atomic mass is 9.76. The summed E-state index contributed by atoms with van der Waals surface area (Å²) in [5, 5.41) is 0. The fourth-order valence-electron chi connectivity index (χ4n) is 2.90. The van der Waals surface area contributed by atoms with Gasteiger partial charge in [0.05, 0.1) is 0 Å². The predicted molar refractivity (Wildman–Crippen MR) is 92.1 cm³/mol. The van der Waals surface area contributed by atoms with E-state index in [4.69, 9.17) is 9.31 Å². The van der Waals surface area contributed by atoms with Crippen LogP contribution in [0.5, 0.6) is 0 Å². The van der Waals surface area contributed by atoms with Gasteiger partial charge in [-0.2, -0.15) is 0 Å². The Labute approximate surface area is 141 Å². The highest BCUT2D eigenvalue weighted by Gasteiger charge is 2.28. The minimum absolute atomic E-state index is 0.345. The highest BCUT2D eigenvalue weighted by Crippen LogP contribution is 2.21. The van der Waals surface area contributed by atoms with E-state index in [1.807, 2.05) is 24.3 Å². The van der Waals surface area contributed by atoms with E-state index >= 15 is 0 Å². The van der Waals surface area contributed by atoms with E-state index in [-0.39, 0.29) is 7.12 Å². The summed E-state index contributed by atoms with van der Waals surface area (Å²) in [6.45, 7) is 3.62. The van der Waals surface area contributed by atoms with Crippen LogP contribution in [0, 0.1) is 17.6 Å². The highest BCUT2D eigenvalue weighted by molar-refractivity contribution is 6.61. The van der Waals surface area contributed by atoms with Crippen LogP contribution in [-0.2, 0) is 9.31 Å². The lowest BCUT2D eigenvalue weighted by Gasteiger charge is -2.27. The maximum Gasteiger partial charge on any atom is 0.493 e. The molecule has 0 amide bonds. The molecule has 0 radical (unpaired) electrons. The second-order valence-electron chi connectivity index (χ2n) is 6.26. The smallest absolute Gasteiger partial charge is 0.407 e. The first-order valence-corrected chi connectivity index (χ1v) is 8.46. The number of halogens is 2. The van der Waals surface area contributed by atoms with Crippen LogP contribution in [0.1, 0.15) is 26.2 Å². The fraction of sp³-hybridized carbons (Fsp3) is 0.368. The van der Waals surface area contributed by atoms with Crippen LogP contribution in [0.4, 0.5) is 8.78 Å². The van der Waals surface area contributed by atoms with Crippen molar-refractivity contribution in [1.29, 1.82) is 0 Å². The normalized spacial score (nSPS) is 15.7. The summed E-state index contributed by atoms with van der Waals surface area (Å²) in [5.74, 6) is -1.20. The van der Waals surface area contributed by atoms with Crippen LogP contribution in [0.25, 0.3) is 11.1 Å². The molecule has 0 aliphatic carbocycles. The van der Waals surface area contributed by atoms with Gasteiger partial charge in [0.2, 0.25) is 0 Å². The third-order valence-electron chi connectivity index (χ3n) is 4.37. The maximum absolute atomic E-state index is 13.3. The zero-order valence-electron chi connectivity index (χ0n) is 13.8. The Morgan fingerprint density at radius 3 is 2.25 bits per heavy atom. The Morgan fingerprint density at radius 2 is 1.62 bits per heavy atom. The van der Waals surface area contributed by atoms with Crippen molar-refractivity contribution >= 4 is 12.6 Å². The van der Waals surface area contributed by atoms with Gasteiger partial charge >= 0.3 is 7.12 Å². The molecule has 3 rings (SSSR count). The van der Waals surface area contributed by atoms with Gasteiger partial charge in [0.1, 0.15) is 0 Å². The van der Waals surface area contributed by atoms with Gasteiger partial charge in [-0.1, -0.05) is 50.1 Å². The molecule has 0 atom stereocenters. The first-order valence-electron chi connectivity index (χ1n) is 8.46. The van der Waals surface area contributed by atoms with Gasteiger partial charge in [0.15, 0.2) is 11.6 Å². The van der Waals surface area contributed by atoms with E-state index < -0.39 is 11.6 Å². The van der Waals surface area contributed by atoms with Gasteiger partial charge in [0.25, 0.3) is 0 Å². The molecule has 0 aromatic heterocycles. The molecular weight excluding hydrogens is 309 g/mol. The second kappa shape index (κ2) is 7.91. The van der Waals surface area contributed by atoms with Gasteiger partial charge in [-0.15, -0.1) is 0 Å². The lowest BCUT2D eigenvalue weighted by Crippen LogP contribution is -2.44. The molecule has 1 heterocycles. The quantitative estimate of drug-likeness (QED) is 0.766. The molecule has 1 saturated heterocycles. The van der Waals surface area contributed by atoms with Crippen LogP contribution in [0.3, 0.4) is 0 Å². The zero-order valence-corrected chi connectivity index (χ0v) is 13.8. The molecule has 2 aromatic rings. The van der Waals surface area contributed by atoms with Crippen molar-refractivity contribution in [2.45, 2.75) is 26.2 Å². The van der Waals surface area contributed by atoms with Crippen LogP contribution >= 0.6 is 0 Å². The summed E-state index contributed by atoms with van der Waals surface area (Å²) in [6.07, 6.45) is 3.52. The molecule has 2 nitrogen and oxygen atoms in total. The minimum Gasteiger partial charge on any atom is -0.407 e. The molecule has 2 aromatic carbocycles. The van der Waals surface area contributed by atoms with Gasteiger partial charge in [-0.3, -0.25) is 0 Å². The maximum atomic E-state index is 13.3. The van der Waals surface area contributed by atoms with Crippen molar-refractivity contribution < 1.29 is 18.1 Å². The third-order valence-corrected chi connectivity index (χ3v) is 4.37. The summed E-state index contributed by atoms with van der Waals surface area (Å²) in [5.41, 5.74) is 2.41. The molecule has 0 saturated carbocycles. The van der Waals surface area contributed by atoms with Crippen LogP contribution < -0.4 is 5.46 Å². The standard InChI is InChI=1S/C19H21BF2O2/c1-2-3-4-14-12-23-20(24-13-14)17-8-5-15(6-9-17)16-7-10-18(21)19(22)11-16/h5-11,14H,2-4,12-13H2,1H3. The van der Waals surface area contributed by atoms with E-state index in [0.717, 1.165) is 36.7 Å². The number of unbranched alkanes of at least 4 members (excludes halogenated alkanes) is 1. The van der Waals surface area contributed by atoms with Gasteiger partial charge in [0, 0.05) is 19.1 Å². The summed E-state index contributed by atoms with van der Waals surface area (Å²) < 4.78 is 38.0. The van der Waals surface area contributed by atoms with E-state index in [0.29, 0.717) is 11.5 Å². The predicted octanol–water partition coefficient (Wildman–Crippen LogP) is 4.18. The van der Waals surface area contributed by atoms with Gasteiger partial charge < -0.3 is 9.31 Å². The molecule has 5 heteroatoms. The van der Waals surface area contributed by atoms with Crippen molar-refractivity contribution in [1.82, 2.24) is 0 Å². The second-order valence-corrected chi connectivity index (χ2v) is 6.26. The van der Waals surface area contributed by atoms with E-state index in [2.05, 4.69) is 6.92 Å². The van der Waals surface area contributed by atoms with Gasteiger partial charge in [-0.25, -0.2) is 8.78 Å². The van der Waals surface area contributed by atoms with Crippen LogP contribution in [0.2, 0.25) is 0 Å². The molecular formula is C19H21BF2O2. The van der Waals surface area contributed by atoms with Crippen molar-refractivity contribution in [2.75, 3.05) is 13.2 Å².